The maximum Gasteiger partial charge on any atom is 0.337 e. The van der Waals surface area contributed by atoms with Crippen molar-refractivity contribution in [2.45, 2.75) is 125 Å². The highest BCUT2D eigenvalue weighted by Crippen LogP contribution is 2.61. The molecular formula is C43H52N2O8S2. The average molecular weight is 789 g/mol. The standard InChI is InChI=1S/C22H27NO4S.C21H25NO4S/c1-4-21-13-20(2,25)22(26,19-23-9-10-28-19)12-16(21)7-5-14-11-15(18(24)27-3)6-8-17(14)21;1-3-20-12-19(2,25)21(26,18-22-8-9-27-18)11-15(20)6-4-13-10-14(17(23)24)5-7-16(13)20/h6,8-11,16,25-26H,4-5,7,12-13H2,1-3H3;5,7-10,15,25-26H,3-4,6,11-12H2,1-2H3,(H,23,24). The summed E-state index contributed by atoms with van der Waals surface area (Å²) < 4.78 is 4.87. The van der Waals surface area contributed by atoms with Crippen LogP contribution in [0.4, 0.5) is 0 Å². The van der Waals surface area contributed by atoms with E-state index in [1.807, 2.05) is 35.0 Å². The molecule has 5 N–H and O–H groups in total. The molecule has 55 heavy (non-hydrogen) atoms. The van der Waals surface area contributed by atoms with Gasteiger partial charge in [-0.15, -0.1) is 22.7 Å². The fourth-order valence-corrected chi connectivity index (χ4v) is 12.8. The Balaban J connectivity index is 0.000000169. The molecule has 294 valence electrons. The smallest absolute Gasteiger partial charge is 0.337 e. The number of carbonyl (C=O) groups is 2. The Morgan fingerprint density at radius 2 is 1.18 bits per heavy atom. The van der Waals surface area contributed by atoms with Gasteiger partial charge in [0.2, 0.25) is 0 Å². The minimum Gasteiger partial charge on any atom is -0.478 e. The van der Waals surface area contributed by atoms with Gasteiger partial charge >= 0.3 is 11.9 Å². The number of aromatic carboxylic acids is 1. The Morgan fingerprint density at radius 3 is 1.56 bits per heavy atom. The van der Waals surface area contributed by atoms with E-state index >= 15 is 0 Å². The van der Waals surface area contributed by atoms with E-state index in [2.05, 4.69) is 23.8 Å². The second-order valence-corrected chi connectivity index (χ2v) is 18.5. The Labute approximate surface area is 330 Å². The zero-order valence-electron chi connectivity index (χ0n) is 32.2. The molecular weight excluding hydrogens is 737 g/mol. The van der Waals surface area contributed by atoms with Crippen LogP contribution in [0.2, 0.25) is 0 Å². The summed E-state index contributed by atoms with van der Waals surface area (Å²) in [6, 6.07) is 11.2. The van der Waals surface area contributed by atoms with Crippen molar-refractivity contribution in [1.29, 1.82) is 0 Å². The van der Waals surface area contributed by atoms with Crippen LogP contribution in [0.3, 0.4) is 0 Å². The number of carboxylic acid groups (broad SMARTS) is 1. The van der Waals surface area contributed by atoms with Crippen LogP contribution in [-0.4, -0.2) is 65.8 Å². The SMILES string of the molecule is CCC12CC(C)(O)C(O)(c3nccs3)CC1CCc1cc(C(=O)O)ccc12.CCC12CC(C)(O)C(O)(c3nccs3)CC1CCc1cc(C(=O)OC)ccc12. The molecule has 8 rings (SSSR count). The molecule has 12 heteroatoms. The number of nitrogens with zero attached hydrogens (tertiary/aromatic N) is 2. The van der Waals surface area contributed by atoms with Gasteiger partial charge in [-0.1, -0.05) is 26.0 Å². The summed E-state index contributed by atoms with van der Waals surface area (Å²) >= 11 is 2.78. The minimum absolute atomic E-state index is 0.208. The summed E-state index contributed by atoms with van der Waals surface area (Å²) in [7, 11) is 1.39. The van der Waals surface area contributed by atoms with Gasteiger partial charge in [-0.05, 0) is 136 Å². The lowest BCUT2D eigenvalue weighted by Crippen LogP contribution is -2.62. The first kappa shape index (κ1) is 39.7. The van der Waals surface area contributed by atoms with Crippen LogP contribution in [0.5, 0.6) is 0 Å². The third-order valence-electron chi connectivity index (χ3n) is 14.1. The van der Waals surface area contributed by atoms with E-state index in [4.69, 9.17) is 4.74 Å². The van der Waals surface area contributed by atoms with Crippen LogP contribution in [-0.2, 0) is 39.6 Å². The van der Waals surface area contributed by atoms with E-state index in [9.17, 15) is 35.1 Å². The third-order valence-corrected chi connectivity index (χ3v) is 15.9. The minimum atomic E-state index is -1.36. The van der Waals surface area contributed by atoms with Gasteiger partial charge in [-0.2, -0.15) is 0 Å². The summed E-state index contributed by atoms with van der Waals surface area (Å²) in [6.45, 7) is 7.72. The third kappa shape index (κ3) is 6.19. The Hall–Kier alpha value is -3.52. The molecule has 0 radical (unpaired) electrons. The molecule has 2 heterocycles. The zero-order valence-corrected chi connectivity index (χ0v) is 33.8. The number of methoxy groups -OCH3 is 1. The van der Waals surface area contributed by atoms with Crippen molar-refractivity contribution in [3.05, 3.63) is 103 Å². The highest BCUT2D eigenvalue weighted by atomic mass is 32.1. The summed E-state index contributed by atoms with van der Waals surface area (Å²) in [5, 5.41) is 60.0. The van der Waals surface area contributed by atoms with Gasteiger partial charge in [0.1, 0.15) is 21.2 Å². The number of benzene rings is 2. The van der Waals surface area contributed by atoms with Crippen molar-refractivity contribution in [3.63, 3.8) is 0 Å². The summed E-state index contributed by atoms with van der Waals surface area (Å²) in [4.78, 5) is 32.0. The lowest BCUT2D eigenvalue weighted by molar-refractivity contribution is -0.205. The van der Waals surface area contributed by atoms with Crippen LogP contribution < -0.4 is 0 Å². The fraction of sp³-hybridized carbons (Fsp3) is 0.535. The van der Waals surface area contributed by atoms with E-state index < -0.39 is 28.4 Å². The number of aryl methyl sites for hydroxylation is 2. The zero-order chi connectivity index (χ0) is 39.6. The number of aliphatic hydroxyl groups is 4. The summed E-state index contributed by atoms with van der Waals surface area (Å²) in [5.41, 5.74) is -0.407. The molecule has 0 amide bonds. The van der Waals surface area contributed by atoms with Crippen molar-refractivity contribution in [1.82, 2.24) is 9.97 Å². The van der Waals surface area contributed by atoms with Gasteiger partial charge in [-0.25, -0.2) is 19.6 Å². The average Bonchev–Trinajstić information content (AvgIpc) is 3.92. The normalized spacial score (nSPS) is 34.9. The molecule has 8 atom stereocenters. The number of fused-ring (bicyclic) bond motifs is 6. The highest BCUT2D eigenvalue weighted by molar-refractivity contribution is 7.10. The molecule has 0 spiro atoms. The van der Waals surface area contributed by atoms with E-state index in [-0.39, 0.29) is 28.6 Å². The molecule has 0 saturated heterocycles. The van der Waals surface area contributed by atoms with Gasteiger partial charge < -0.3 is 30.3 Å². The van der Waals surface area contributed by atoms with Gasteiger partial charge in [0, 0.05) is 34.0 Å². The largest absolute Gasteiger partial charge is 0.478 e. The van der Waals surface area contributed by atoms with Crippen LogP contribution in [0.15, 0.2) is 59.6 Å². The number of esters is 1. The number of carboxylic acids is 1. The van der Waals surface area contributed by atoms with Crippen molar-refractivity contribution in [2.75, 3.05) is 7.11 Å². The van der Waals surface area contributed by atoms with Gasteiger partial charge in [0.25, 0.3) is 0 Å². The second-order valence-electron chi connectivity index (χ2n) is 16.7. The van der Waals surface area contributed by atoms with Crippen LogP contribution in [0, 0.1) is 11.8 Å². The first-order chi connectivity index (χ1) is 26.0. The van der Waals surface area contributed by atoms with Crippen molar-refractivity contribution in [2.24, 2.45) is 11.8 Å². The maximum absolute atomic E-state index is 11.9. The molecule has 4 aliphatic rings. The molecule has 2 aromatic heterocycles. The monoisotopic (exact) mass is 788 g/mol. The van der Waals surface area contributed by atoms with Crippen LogP contribution in [0.25, 0.3) is 0 Å². The molecule has 10 nitrogen and oxygen atoms in total. The van der Waals surface area contributed by atoms with E-state index in [0.717, 1.165) is 55.2 Å². The molecule has 0 bridgehead atoms. The maximum atomic E-state index is 11.9. The number of ether oxygens (including phenoxy) is 1. The summed E-state index contributed by atoms with van der Waals surface area (Å²) in [6.07, 6.45) is 10.3. The highest BCUT2D eigenvalue weighted by Gasteiger charge is 2.63. The van der Waals surface area contributed by atoms with Crippen molar-refractivity contribution >= 4 is 34.6 Å². The first-order valence-electron chi connectivity index (χ1n) is 19.3. The number of thiazole rings is 2. The summed E-state index contributed by atoms with van der Waals surface area (Å²) in [5.74, 6) is -0.800. The van der Waals surface area contributed by atoms with Gasteiger partial charge in [-0.3, -0.25) is 0 Å². The van der Waals surface area contributed by atoms with Crippen LogP contribution in [0.1, 0.15) is 132 Å². The first-order valence-corrected chi connectivity index (χ1v) is 21.0. The number of carbonyl (C=O) groups excluding carboxylic acids is 1. The van der Waals surface area contributed by atoms with Gasteiger partial charge in [0.05, 0.1) is 29.4 Å². The number of hydrogen-bond acceptors (Lipinski definition) is 11. The quantitative estimate of drug-likeness (QED) is 0.128. The van der Waals surface area contributed by atoms with E-state index in [1.165, 1.54) is 35.3 Å². The second kappa shape index (κ2) is 14.1. The van der Waals surface area contributed by atoms with E-state index in [0.29, 0.717) is 46.8 Å². The number of aromatic nitrogens is 2. The van der Waals surface area contributed by atoms with Gasteiger partial charge in [0.15, 0.2) is 0 Å². The molecule has 8 unspecified atom stereocenters. The lowest BCUT2D eigenvalue weighted by atomic mass is 9.49. The molecule has 4 aromatic rings. The Bertz CT molecular complexity index is 2070. The number of rotatable bonds is 6. The topological polar surface area (TPSA) is 170 Å². The van der Waals surface area contributed by atoms with Crippen LogP contribution >= 0.6 is 22.7 Å². The molecule has 2 fully saturated rings. The van der Waals surface area contributed by atoms with Crippen molar-refractivity contribution < 1.29 is 39.9 Å². The predicted octanol–water partition coefficient (Wildman–Crippen LogP) is 7.06. The number of hydrogen-bond donors (Lipinski definition) is 5. The fourth-order valence-electron chi connectivity index (χ4n) is 11.0. The molecule has 4 aliphatic carbocycles. The van der Waals surface area contributed by atoms with Crippen molar-refractivity contribution in [3.8, 4) is 0 Å². The predicted molar refractivity (Wildman–Crippen MR) is 210 cm³/mol. The lowest BCUT2D eigenvalue weighted by Gasteiger charge is -2.58. The Morgan fingerprint density at radius 1 is 0.745 bits per heavy atom. The Kier molecular flexibility index (Phi) is 10.2. The van der Waals surface area contributed by atoms with E-state index in [1.54, 1.807) is 38.4 Å². The molecule has 0 aliphatic heterocycles. The molecule has 2 saturated carbocycles. The molecule has 2 aromatic carbocycles.